The minimum Gasteiger partial charge on any atom is -0.466 e. The highest BCUT2D eigenvalue weighted by Crippen LogP contribution is 2.23. The smallest absolute Gasteiger partial charge is 0.310 e. The molecule has 3 rings (SSSR count). The van der Waals surface area contributed by atoms with Crippen LogP contribution in [0.2, 0.25) is 0 Å². The minimum absolute atomic E-state index is 0.00990. The van der Waals surface area contributed by atoms with Gasteiger partial charge in [-0.15, -0.1) is 0 Å². The fourth-order valence-corrected chi connectivity index (χ4v) is 4.72. The first-order valence-corrected chi connectivity index (χ1v) is 12.3. The van der Waals surface area contributed by atoms with Gasteiger partial charge in [-0.2, -0.15) is 0 Å². The molecule has 0 radical (unpaired) electrons. The third-order valence-corrected chi connectivity index (χ3v) is 6.72. The molecule has 2 heterocycles. The van der Waals surface area contributed by atoms with Gasteiger partial charge in [0.15, 0.2) is 0 Å². The maximum Gasteiger partial charge on any atom is 0.310 e. The average Bonchev–Trinajstić information content (AvgIpc) is 2.83. The molecule has 1 N–H and O–H groups in total. The highest BCUT2D eigenvalue weighted by Gasteiger charge is 2.32. The van der Waals surface area contributed by atoms with Crippen molar-refractivity contribution in [3.63, 3.8) is 0 Å². The van der Waals surface area contributed by atoms with Gasteiger partial charge in [-0.1, -0.05) is 19.3 Å². The Morgan fingerprint density at radius 3 is 2.42 bits per heavy atom. The lowest BCUT2D eigenvalue weighted by Gasteiger charge is -2.31. The number of pyridine rings is 1. The summed E-state index contributed by atoms with van der Waals surface area (Å²) >= 11 is 0. The molecule has 0 aromatic carbocycles. The topological polar surface area (TPSA) is 97.7 Å². The van der Waals surface area contributed by atoms with Gasteiger partial charge in [0.2, 0.25) is 5.43 Å². The molecular weight excluding hydrogens is 422 g/mol. The third kappa shape index (κ3) is 6.24. The van der Waals surface area contributed by atoms with E-state index in [9.17, 15) is 19.2 Å². The van der Waals surface area contributed by atoms with Gasteiger partial charge >= 0.3 is 5.97 Å². The Bertz CT molecular complexity index is 917. The monoisotopic (exact) mass is 459 g/mol. The molecule has 182 valence electrons. The molecule has 2 fully saturated rings. The van der Waals surface area contributed by atoms with E-state index in [4.69, 9.17) is 4.74 Å². The van der Waals surface area contributed by atoms with E-state index in [0.29, 0.717) is 38.5 Å². The number of carbonyl (C=O) groups is 3. The standard InChI is InChI=1S/C25H37N3O5/c1-4-33-25(32)19-11-8-12-27(14-19)24(31)21-16-28(17(2)3)15-20(22(21)29)23(30)26-13-18-9-6-5-7-10-18/h15-19H,4-14H2,1-3H3,(H,26,30)/t19-/m0/s1. The molecule has 1 saturated carbocycles. The van der Waals surface area contributed by atoms with Crippen LogP contribution in [0.15, 0.2) is 17.2 Å². The molecule has 0 spiro atoms. The molecule has 1 aromatic rings. The van der Waals surface area contributed by atoms with E-state index in [1.54, 1.807) is 11.5 Å². The molecule has 1 atom stereocenters. The van der Waals surface area contributed by atoms with E-state index >= 15 is 0 Å². The summed E-state index contributed by atoms with van der Waals surface area (Å²) < 4.78 is 6.85. The van der Waals surface area contributed by atoms with Gasteiger partial charge in [0.1, 0.15) is 11.1 Å². The van der Waals surface area contributed by atoms with Crippen LogP contribution < -0.4 is 10.7 Å². The minimum atomic E-state index is -0.559. The van der Waals surface area contributed by atoms with E-state index < -0.39 is 23.2 Å². The van der Waals surface area contributed by atoms with Crippen LogP contribution >= 0.6 is 0 Å². The van der Waals surface area contributed by atoms with Crippen LogP contribution in [0, 0.1) is 11.8 Å². The zero-order valence-corrected chi connectivity index (χ0v) is 20.1. The van der Waals surface area contributed by atoms with Crippen LogP contribution in [0.25, 0.3) is 0 Å². The Morgan fingerprint density at radius 2 is 1.76 bits per heavy atom. The number of piperidine rings is 1. The molecule has 1 aliphatic heterocycles. The van der Waals surface area contributed by atoms with Gasteiger partial charge in [-0.3, -0.25) is 19.2 Å². The van der Waals surface area contributed by atoms with Crippen LogP contribution in [0.3, 0.4) is 0 Å². The fraction of sp³-hybridized carbons (Fsp3) is 0.680. The molecule has 0 bridgehead atoms. The van der Waals surface area contributed by atoms with Gasteiger partial charge < -0.3 is 19.5 Å². The van der Waals surface area contributed by atoms with E-state index in [0.717, 1.165) is 12.8 Å². The predicted octanol–water partition coefficient (Wildman–Crippen LogP) is 3.15. The Balaban J connectivity index is 1.81. The van der Waals surface area contributed by atoms with Gasteiger partial charge in [-0.05, 0) is 52.4 Å². The normalized spacial score (nSPS) is 19.4. The predicted molar refractivity (Wildman–Crippen MR) is 125 cm³/mol. The van der Waals surface area contributed by atoms with Gasteiger partial charge in [-0.25, -0.2) is 0 Å². The van der Waals surface area contributed by atoms with Crippen molar-refractivity contribution < 1.29 is 19.1 Å². The summed E-state index contributed by atoms with van der Waals surface area (Å²) in [6.07, 6.45) is 10.1. The molecule has 8 heteroatoms. The summed E-state index contributed by atoms with van der Waals surface area (Å²) in [5.74, 6) is -1.14. The Labute approximate surface area is 195 Å². The summed E-state index contributed by atoms with van der Waals surface area (Å²) in [4.78, 5) is 53.2. The van der Waals surface area contributed by atoms with E-state index in [-0.39, 0.29) is 29.7 Å². The second-order valence-electron chi connectivity index (χ2n) is 9.51. The lowest BCUT2D eigenvalue weighted by Crippen LogP contribution is -2.45. The van der Waals surface area contributed by atoms with Crippen molar-refractivity contribution in [1.29, 1.82) is 0 Å². The van der Waals surface area contributed by atoms with Crippen LogP contribution in [0.4, 0.5) is 0 Å². The molecule has 8 nitrogen and oxygen atoms in total. The number of amides is 2. The Hall–Kier alpha value is -2.64. The third-order valence-electron chi connectivity index (χ3n) is 6.72. The number of nitrogens with one attached hydrogen (secondary N) is 1. The highest BCUT2D eigenvalue weighted by atomic mass is 16.5. The van der Waals surface area contributed by atoms with Gasteiger partial charge in [0, 0.05) is 38.1 Å². The number of ether oxygens (including phenoxy) is 1. The molecule has 0 unspecified atom stereocenters. The van der Waals surface area contributed by atoms with Gasteiger partial charge in [0.25, 0.3) is 11.8 Å². The van der Waals surface area contributed by atoms with Crippen LogP contribution in [0.5, 0.6) is 0 Å². The maximum absolute atomic E-state index is 13.3. The first-order valence-electron chi connectivity index (χ1n) is 12.3. The summed E-state index contributed by atoms with van der Waals surface area (Å²) in [6.45, 7) is 7.14. The second kappa shape index (κ2) is 11.5. The van der Waals surface area contributed by atoms with Crippen LogP contribution in [-0.4, -0.2) is 53.5 Å². The zero-order chi connectivity index (χ0) is 24.0. The number of hydrogen-bond acceptors (Lipinski definition) is 5. The summed E-state index contributed by atoms with van der Waals surface area (Å²) in [5, 5.41) is 2.92. The first-order chi connectivity index (χ1) is 15.8. The largest absolute Gasteiger partial charge is 0.466 e. The van der Waals surface area contributed by atoms with Crippen molar-refractivity contribution in [3.8, 4) is 0 Å². The highest BCUT2D eigenvalue weighted by molar-refractivity contribution is 5.99. The van der Waals surface area contributed by atoms with E-state index in [2.05, 4.69) is 5.32 Å². The number of esters is 1. The SMILES string of the molecule is CCOC(=O)[C@H]1CCCN(C(=O)c2cn(C(C)C)cc(C(=O)NCC3CCCCC3)c2=O)C1. The number of nitrogens with zero attached hydrogens (tertiary/aromatic N) is 2. The molecule has 1 saturated heterocycles. The van der Waals surface area contributed by atoms with Crippen molar-refractivity contribution in [1.82, 2.24) is 14.8 Å². The van der Waals surface area contributed by atoms with E-state index in [1.165, 1.54) is 36.6 Å². The molecule has 1 aliphatic carbocycles. The lowest BCUT2D eigenvalue weighted by molar-refractivity contribution is -0.149. The number of rotatable bonds is 7. The first kappa shape index (κ1) is 25.0. The molecule has 2 aliphatic rings. The van der Waals surface area contributed by atoms with Crippen molar-refractivity contribution in [2.75, 3.05) is 26.2 Å². The average molecular weight is 460 g/mol. The summed E-state index contributed by atoms with van der Waals surface area (Å²) in [7, 11) is 0. The Morgan fingerprint density at radius 1 is 1.06 bits per heavy atom. The van der Waals surface area contributed by atoms with Gasteiger partial charge in [0.05, 0.1) is 12.5 Å². The van der Waals surface area contributed by atoms with Crippen molar-refractivity contribution in [2.24, 2.45) is 11.8 Å². The number of aromatic nitrogens is 1. The quantitative estimate of drug-likeness (QED) is 0.632. The fourth-order valence-electron chi connectivity index (χ4n) is 4.72. The van der Waals surface area contributed by atoms with Crippen LogP contribution in [-0.2, 0) is 9.53 Å². The summed E-state index contributed by atoms with van der Waals surface area (Å²) in [5.41, 5.74) is -0.598. The molecule has 1 aromatic heterocycles. The Kier molecular flexibility index (Phi) is 8.69. The van der Waals surface area contributed by atoms with Crippen molar-refractivity contribution >= 4 is 17.8 Å². The maximum atomic E-state index is 13.3. The van der Waals surface area contributed by atoms with Crippen molar-refractivity contribution in [2.45, 2.75) is 71.8 Å². The van der Waals surface area contributed by atoms with E-state index in [1.807, 2.05) is 13.8 Å². The second-order valence-corrected chi connectivity index (χ2v) is 9.51. The molecule has 33 heavy (non-hydrogen) atoms. The zero-order valence-electron chi connectivity index (χ0n) is 20.1. The van der Waals surface area contributed by atoms with Crippen LogP contribution in [0.1, 0.15) is 92.5 Å². The number of hydrogen-bond donors (Lipinski definition) is 1. The summed E-state index contributed by atoms with van der Waals surface area (Å²) in [6, 6.07) is -0.0318. The lowest BCUT2D eigenvalue weighted by atomic mass is 9.89. The number of carbonyl (C=O) groups excluding carboxylic acids is 3. The number of likely N-dealkylation sites (tertiary alicyclic amines) is 1. The van der Waals surface area contributed by atoms with Crippen molar-refractivity contribution in [3.05, 3.63) is 33.7 Å². The molecular formula is C25H37N3O5. The molecule has 2 amide bonds.